The Kier molecular flexibility index (Phi) is 8.03. The second kappa shape index (κ2) is 11.2. The molecule has 36 heavy (non-hydrogen) atoms. The van der Waals surface area contributed by atoms with Gasteiger partial charge in [0.2, 0.25) is 11.7 Å². The van der Waals surface area contributed by atoms with Crippen LogP contribution in [-0.4, -0.2) is 38.5 Å². The number of benzene rings is 2. The number of esters is 1. The molecular weight excluding hydrogens is 523 g/mol. The van der Waals surface area contributed by atoms with Gasteiger partial charge in [0.25, 0.3) is 0 Å². The van der Waals surface area contributed by atoms with Crippen LogP contribution in [0.2, 0.25) is 10.0 Å². The zero-order valence-corrected chi connectivity index (χ0v) is 21.8. The van der Waals surface area contributed by atoms with Crippen molar-refractivity contribution < 1.29 is 18.7 Å². The highest BCUT2D eigenvalue weighted by molar-refractivity contribution is 7.99. The monoisotopic (exact) mass is 544 g/mol. The van der Waals surface area contributed by atoms with Crippen molar-refractivity contribution in [2.75, 3.05) is 11.1 Å². The van der Waals surface area contributed by atoms with E-state index in [1.54, 1.807) is 48.8 Å². The second-order valence-electron chi connectivity index (χ2n) is 7.98. The summed E-state index contributed by atoms with van der Waals surface area (Å²) in [4.78, 5) is 24.9. The van der Waals surface area contributed by atoms with Gasteiger partial charge in [0, 0.05) is 17.0 Å². The Morgan fingerprint density at radius 2 is 2.00 bits per heavy atom. The lowest BCUT2D eigenvalue weighted by Crippen LogP contribution is -2.16. The molecule has 8 nitrogen and oxygen atoms in total. The number of carbonyl (C=O) groups is 2. The number of allylic oxidation sites excluding steroid dienone is 1. The molecule has 0 aliphatic heterocycles. The van der Waals surface area contributed by atoms with Crippen LogP contribution in [0.15, 0.2) is 64.7 Å². The summed E-state index contributed by atoms with van der Waals surface area (Å²) >= 11 is 13.5. The van der Waals surface area contributed by atoms with Gasteiger partial charge in [-0.1, -0.05) is 41.0 Å². The van der Waals surface area contributed by atoms with Crippen LogP contribution >= 0.6 is 35.0 Å². The van der Waals surface area contributed by atoms with Gasteiger partial charge in [-0.15, -0.1) is 16.8 Å². The topological polar surface area (TPSA) is 99.2 Å². The third kappa shape index (κ3) is 5.92. The van der Waals surface area contributed by atoms with Crippen LogP contribution in [0.3, 0.4) is 0 Å². The van der Waals surface area contributed by atoms with Gasteiger partial charge in [-0.3, -0.25) is 9.36 Å². The number of hydrogen-bond acceptors (Lipinski definition) is 7. The summed E-state index contributed by atoms with van der Waals surface area (Å²) in [6, 6.07) is 11.8. The van der Waals surface area contributed by atoms with Crippen molar-refractivity contribution in [3.8, 4) is 11.6 Å². The maximum Gasteiger partial charge on any atom is 0.338 e. The quantitative estimate of drug-likeness (QED) is 0.146. The van der Waals surface area contributed by atoms with Gasteiger partial charge < -0.3 is 14.5 Å². The fraction of sp³-hybridized carbons (Fsp3) is 0.200. The van der Waals surface area contributed by atoms with E-state index in [4.69, 9.17) is 32.4 Å². The molecule has 0 unspecified atom stereocenters. The average molecular weight is 545 g/mol. The van der Waals surface area contributed by atoms with E-state index in [1.807, 2.05) is 6.07 Å². The number of aromatic nitrogens is 3. The predicted molar refractivity (Wildman–Crippen MR) is 142 cm³/mol. The van der Waals surface area contributed by atoms with Crippen LogP contribution in [0.1, 0.15) is 24.2 Å². The average Bonchev–Trinajstić information content (AvgIpc) is 3.42. The summed E-state index contributed by atoms with van der Waals surface area (Å²) in [7, 11) is 0. The number of hydrogen-bond donors (Lipinski definition) is 1. The first-order valence-electron chi connectivity index (χ1n) is 10.9. The molecule has 11 heteroatoms. The molecule has 0 aliphatic carbocycles. The number of fused-ring (bicyclic) bond motifs is 1. The maximum atomic E-state index is 12.7. The summed E-state index contributed by atoms with van der Waals surface area (Å²) < 4.78 is 12.9. The molecule has 1 amide bonds. The molecule has 0 aliphatic rings. The minimum Gasteiger partial charge on any atom is -0.459 e. The zero-order chi connectivity index (χ0) is 25.8. The number of anilines is 1. The first-order chi connectivity index (χ1) is 17.2. The van der Waals surface area contributed by atoms with E-state index in [2.05, 4.69) is 22.1 Å². The van der Waals surface area contributed by atoms with E-state index in [-0.39, 0.29) is 17.8 Å². The number of nitrogens with zero attached hydrogens (tertiary/aromatic N) is 3. The number of amides is 1. The fourth-order valence-electron chi connectivity index (χ4n) is 3.34. The number of thioether (sulfide) groups is 1. The predicted octanol–water partition coefficient (Wildman–Crippen LogP) is 6.48. The lowest BCUT2D eigenvalue weighted by molar-refractivity contribution is -0.113. The van der Waals surface area contributed by atoms with Crippen LogP contribution in [0.4, 0.5) is 5.69 Å². The molecule has 0 bridgehead atoms. The molecule has 0 fully saturated rings. The largest absolute Gasteiger partial charge is 0.459 e. The van der Waals surface area contributed by atoms with Gasteiger partial charge >= 0.3 is 5.97 Å². The van der Waals surface area contributed by atoms with Crippen LogP contribution in [0, 0.1) is 0 Å². The maximum absolute atomic E-state index is 12.7. The number of ether oxygens (including phenoxy) is 1. The summed E-state index contributed by atoms with van der Waals surface area (Å²) in [6.07, 6.45) is 1.44. The van der Waals surface area contributed by atoms with E-state index < -0.39 is 5.97 Å². The van der Waals surface area contributed by atoms with E-state index >= 15 is 0 Å². The summed E-state index contributed by atoms with van der Waals surface area (Å²) in [6.45, 7) is 7.73. The Balaban J connectivity index is 1.48. The van der Waals surface area contributed by atoms with Crippen molar-refractivity contribution in [3.63, 3.8) is 0 Å². The van der Waals surface area contributed by atoms with Gasteiger partial charge in [-0.2, -0.15) is 0 Å². The van der Waals surface area contributed by atoms with Crippen molar-refractivity contribution in [1.82, 2.24) is 14.8 Å². The molecule has 0 spiro atoms. The van der Waals surface area contributed by atoms with Gasteiger partial charge in [-0.25, -0.2) is 4.79 Å². The summed E-state index contributed by atoms with van der Waals surface area (Å²) in [5.41, 5.74) is 1.28. The molecule has 2 aromatic carbocycles. The number of carbonyl (C=O) groups excluding carboxylic acids is 2. The third-order valence-electron chi connectivity index (χ3n) is 4.88. The van der Waals surface area contributed by atoms with Crippen molar-refractivity contribution in [3.05, 3.63) is 70.7 Å². The Labute approximate surface area is 221 Å². The summed E-state index contributed by atoms with van der Waals surface area (Å²) in [5, 5.41) is 13.5. The molecule has 0 atom stereocenters. The number of rotatable bonds is 9. The molecule has 0 saturated carbocycles. The molecule has 0 radical (unpaired) electrons. The highest BCUT2D eigenvalue weighted by Gasteiger charge is 2.19. The Hall–Kier alpha value is -3.27. The van der Waals surface area contributed by atoms with Crippen molar-refractivity contribution >= 4 is 63.5 Å². The van der Waals surface area contributed by atoms with Crippen LogP contribution < -0.4 is 5.32 Å². The lowest BCUT2D eigenvalue weighted by atomic mass is 10.2. The highest BCUT2D eigenvalue weighted by Crippen LogP contribution is 2.31. The number of furan rings is 1. The number of halogens is 2. The summed E-state index contributed by atoms with van der Waals surface area (Å²) in [5.74, 6) is 0.232. The van der Waals surface area contributed by atoms with Crippen molar-refractivity contribution in [1.29, 1.82) is 0 Å². The SMILES string of the molecule is C=CCn1c(SCC(=O)Nc2cc(C(=O)OC(C)C)ccc2Cl)nnc1-c1cc2cc(Cl)ccc2o1. The first-order valence-corrected chi connectivity index (χ1v) is 12.7. The van der Waals surface area contributed by atoms with Crippen molar-refractivity contribution in [2.24, 2.45) is 0 Å². The first kappa shape index (κ1) is 25.8. The Bertz CT molecular complexity index is 1450. The zero-order valence-electron chi connectivity index (χ0n) is 19.5. The Morgan fingerprint density at radius 1 is 1.19 bits per heavy atom. The third-order valence-corrected chi connectivity index (χ3v) is 6.41. The smallest absolute Gasteiger partial charge is 0.338 e. The molecule has 0 saturated heterocycles. The van der Waals surface area contributed by atoms with Crippen LogP contribution in [-0.2, 0) is 16.1 Å². The molecule has 4 rings (SSSR count). The fourth-order valence-corrected chi connectivity index (χ4v) is 4.44. The van der Waals surface area contributed by atoms with E-state index in [1.165, 1.54) is 23.9 Å². The number of nitrogens with one attached hydrogen (secondary N) is 1. The van der Waals surface area contributed by atoms with E-state index in [0.29, 0.717) is 50.2 Å². The van der Waals surface area contributed by atoms with Crippen LogP contribution in [0.5, 0.6) is 0 Å². The Morgan fingerprint density at radius 3 is 2.75 bits per heavy atom. The lowest BCUT2D eigenvalue weighted by Gasteiger charge is -2.11. The molecule has 1 N–H and O–H groups in total. The van der Waals surface area contributed by atoms with Gasteiger partial charge in [-0.05, 0) is 56.3 Å². The van der Waals surface area contributed by atoms with Gasteiger partial charge in [0.15, 0.2) is 10.9 Å². The molecule has 4 aromatic rings. The minimum atomic E-state index is -0.496. The molecular formula is C25H22Cl2N4O4S. The molecule has 2 aromatic heterocycles. The second-order valence-corrected chi connectivity index (χ2v) is 9.77. The van der Waals surface area contributed by atoms with Gasteiger partial charge in [0.05, 0.1) is 28.1 Å². The van der Waals surface area contributed by atoms with E-state index in [0.717, 1.165) is 5.39 Å². The van der Waals surface area contributed by atoms with E-state index in [9.17, 15) is 9.59 Å². The molecule has 2 heterocycles. The van der Waals surface area contributed by atoms with Crippen LogP contribution in [0.25, 0.3) is 22.6 Å². The van der Waals surface area contributed by atoms with Gasteiger partial charge in [0.1, 0.15) is 5.58 Å². The minimum absolute atomic E-state index is 0.0298. The van der Waals surface area contributed by atoms with Crippen molar-refractivity contribution in [2.45, 2.75) is 31.7 Å². The highest BCUT2D eigenvalue weighted by atomic mass is 35.5. The molecule has 186 valence electrons. The standard InChI is InChI=1S/C25H22Cl2N4O4S/c1-4-9-31-23(21-12-16-10-17(26)6-8-20(16)35-21)29-30-25(31)36-13-22(32)28-19-11-15(5-7-18(19)27)24(33)34-14(2)3/h4-8,10-12,14H,1,9,13H2,2-3H3,(H,28,32). The normalized spacial score (nSPS) is 11.1.